The summed E-state index contributed by atoms with van der Waals surface area (Å²) in [5.74, 6) is 0.387. The largest absolute Gasteiger partial charge is 1.00 e. The number of rotatable bonds is 15. The Bertz CT molecular complexity index is 341. The average molecular weight is 382 g/mol. The normalized spacial score (nSPS) is 11.7. The number of amides is 1. The second kappa shape index (κ2) is 19.3. The maximum absolute atomic E-state index is 11.7. The third-order valence-corrected chi connectivity index (χ3v) is 4.37. The third-order valence-electron chi connectivity index (χ3n) is 4.37. The Morgan fingerprint density at radius 2 is 1.28 bits per heavy atom. The summed E-state index contributed by atoms with van der Waals surface area (Å²) < 4.78 is 4.58. The Labute approximate surface area is 199 Å². The molecule has 1 atom stereocenters. The Kier molecular flexibility index (Phi) is 21.5. The molecule has 0 saturated carbocycles. The standard InChI is InChI=1S/C20H39NO3.K.H/c1-17(2)15-13-11-9-7-5-6-8-10-12-14-16-19(22)21-18(3)20(23)24-4;;/h17-18H,5-16H2,1-4H3,(H,21,22);;/q;+1;-1/t18-;;/m0../s1. The van der Waals surface area contributed by atoms with Crippen LogP contribution in [0, 0.1) is 5.92 Å². The molecule has 0 aromatic rings. The Morgan fingerprint density at radius 1 is 0.840 bits per heavy atom. The van der Waals surface area contributed by atoms with Crippen LogP contribution in [-0.2, 0) is 14.3 Å². The van der Waals surface area contributed by atoms with Gasteiger partial charge in [-0.2, -0.15) is 0 Å². The van der Waals surface area contributed by atoms with Gasteiger partial charge in [-0.1, -0.05) is 78.1 Å². The quantitative estimate of drug-likeness (QED) is 0.269. The van der Waals surface area contributed by atoms with Gasteiger partial charge in [-0.3, -0.25) is 4.79 Å². The van der Waals surface area contributed by atoms with Gasteiger partial charge >= 0.3 is 57.4 Å². The van der Waals surface area contributed by atoms with Crippen molar-refractivity contribution in [2.45, 2.75) is 104 Å². The minimum Gasteiger partial charge on any atom is -1.00 e. The van der Waals surface area contributed by atoms with Crippen LogP contribution < -0.4 is 56.7 Å². The predicted octanol–water partition coefficient (Wildman–Crippen LogP) is 2.12. The van der Waals surface area contributed by atoms with Gasteiger partial charge in [-0.15, -0.1) is 0 Å². The van der Waals surface area contributed by atoms with Crippen LogP contribution in [-0.4, -0.2) is 25.0 Å². The van der Waals surface area contributed by atoms with E-state index in [4.69, 9.17) is 0 Å². The molecule has 1 N–H and O–H groups in total. The fourth-order valence-electron chi connectivity index (χ4n) is 2.80. The molecule has 144 valence electrons. The van der Waals surface area contributed by atoms with E-state index in [0.717, 1.165) is 18.8 Å². The number of nitrogens with one attached hydrogen (secondary N) is 1. The number of carbonyl (C=O) groups is 2. The van der Waals surface area contributed by atoms with Gasteiger partial charge < -0.3 is 11.5 Å². The first kappa shape index (κ1) is 27.8. The number of ether oxygens (including phenoxy) is 1. The minimum atomic E-state index is -0.553. The number of esters is 1. The van der Waals surface area contributed by atoms with E-state index < -0.39 is 12.0 Å². The van der Waals surface area contributed by atoms with Gasteiger partial charge in [0.2, 0.25) is 5.91 Å². The fourth-order valence-corrected chi connectivity index (χ4v) is 2.80. The SMILES string of the molecule is COC(=O)[C@H](C)NC(=O)CCCCCCCCCCCCC(C)C.[H-].[K+]. The van der Waals surface area contributed by atoms with Gasteiger partial charge in [0.05, 0.1) is 7.11 Å². The van der Waals surface area contributed by atoms with E-state index in [2.05, 4.69) is 23.9 Å². The number of hydrogen-bond donors (Lipinski definition) is 1. The van der Waals surface area contributed by atoms with Crippen molar-refractivity contribution in [3.63, 3.8) is 0 Å². The Hall–Kier alpha value is 0.576. The van der Waals surface area contributed by atoms with Crippen LogP contribution in [0.25, 0.3) is 0 Å². The molecule has 0 unspecified atom stereocenters. The van der Waals surface area contributed by atoms with E-state index in [1.807, 2.05) is 0 Å². The van der Waals surface area contributed by atoms with Gasteiger partial charge in [0.25, 0.3) is 0 Å². The molecule has 0 aromatic carbocycles. The summed E-state index contributed by atoms with van der Waals surface area (Å²) in [6, 6.07) is -0.553. The van der Waals surface area contributed by atoms with Crippen molar-refractivity contribution in [1.29, 1.82) is 0 Å². The molecule has 5 heteroatoms. The van der Waals surface area contributed by atoms with Gasteiger partial charge in [0.15, 0.2) is 0 Å². The molecule has 1 amide bonds. The van der Waals surface area contributed by atoms with Crippen LogP contribution >= 0.6 is 0 Å². The van der Waals surface area contributed by atoms with Crippen molar-refractivity contribution in [2.24, 2.45) is 5.92 Å². The Balaban J connectivity index is -0.00000264. The van der Waals surface area contributed by atoms with Gasteiger partial charge in [-0.05, 0) is 19.3 Å². The molecule has 0 aliphatic carbocycles. The van der Waals surface area contributed by atoms with Crippen molar-refractivity contribution in [2.75, 3.05) is 7.11 Å². The summed E-state index contributed by atoms with van der Waals surface area (Å²) in [6.45, 7) is 6.24. The molecule has 0 bridgehead atoms. The molecular weight excluding hydrogens is 341 g/mol. The van der Waals surface area contributed by atoms with Crippen LogP contribution in [0.4, 0.5) is 0 Å². The van der Waals surface area contributed by atoms with E-state index in [1.54, 1.807) is 6.92 Å². The molecule has 0 rings (SSSR count). The van der Waals surface area contributed by atoms with Crippen LogP contribution in [0.3, 0.4) is 0 Å². The first-order valence-corrected chi connectivity index (χ1v) is 9.84. The first-order chi connectivity index (χ1) is 11.5. The van der Waals surface area contributed by atoms with Crippen molar-refractivity contribution in [1.82, 2.24) is 5.32 Å². The van der Waals surface area contributed by atoms with Crippen molar-refractivity contribution in [3.05, 3.63) is 0 Å². The molecule has 0 radical (unpaired) electrons. The van der Waals surface area contributed by atoms with Gasteiger partial charge in [0.1, 0.15) is 6.04 Å². The van der Waals surface area contributed by atoms with Crippen molar-refractivity contribution < 1.29 is 67.1 Å². The first-order valence-electron chi connectivity index (χ1n) is 9.84. The molecule has 0 heterocycles. The van der Waals surface area contributed by atoms with Crippen molar-refractivity contribution in [3.8, 4) is 0 Å². The Morgan fingerprint density at radius 3 is 1.72 bits per heavy atom. The maximum Gasteiger partial charge on any atom is 1.00 e. The molecular formula is C20H40KNO3. The summed E-state index contributed by atoms with van der Waals surface area (Å²) in [5.41, 5.74) is 0. The van der Waals surface area contributed by atoms with E-state index >= 15 is 0 Å². The van der Waals surface area contributed by atoms with E-state index in [9.17, 15) is 9.59 Å². The molecule has 4 nitrogen and oxygen atoms in total. The van der Waals surface area contributed by atoms with Crippen molar-refractivity contribution >= 4 is 11.9 Å². The number of methoxy groups -OCH3 is 1. The van der Waals surface area contributed by atoms with Crippen LogP contribution in [0.5, 0.6) is 0 Å². The van der Waals surface area contributed by atoms with E-state index in [-0.39, 0.29) is 58.7 Å². The van der Waals surface area contributed by atoms with Crippen LogP contribution in [0.2, 0.25) is 0 Å². The second-order valence-corrected chi connectivity index (χ2v) is 7.28. The third kappa shape index (κ3) is 19.1. The number of carbonyl (C=O) groups excluding carboxylic acids is 2. The zero-order valence-electron chi connectivity index (χ0n) is 18.4. The van der Waals surface area contributed by atoms with E-state index in [0.29, 0.717) is 6.42 Å². The average Bonchev–Trinajstić information content (AvgIpc) is 2.54. The van der Waals surface area contributed by atoms with Crippen LogP contribution in [0.15, 0.2) is 0 Å². The molecule has 0 aliphatic heterocycles. The maximum atomic E-state index is 11.7. The monoisotopic (exact) mass is 381 g/mol. The zero-order chi connectivity index (χ0) is 18.2. The smallest absolute Gasteiger partial charge is 1.00 e. The molecule has 0 aromatic heterocycles. The number of unbranched alkanes of at least 4 members (excludes halogenated alkanes) is 9. The molecule has 0 fully saturated rings. The molecule has 0 aliphatic rings. The second-order valence-electron chi connectivity index (χ2n) is 7.28. The predicted molar refractivity (Wildman–Crippen MR) is 101 cm³/mol. The van der Waals surface area contributed by atoms with Crippen LogP contribution in [0.1, 0.15) is 99.2 Å². The van der Waals surface area contributed by atoms with Gasteiger partial charge in [0, 0.05) is 6.42 Å². The van der Waals surface area contributed by atoms with E-state index in [1.165, 1.54) is 64.9 Å². The minimum absolute atomic E-state index is 0. The molecule has 0 spiro atoms. The fraction of sp³-hybridized carbons (Fsp3) is 0.900. The summed E-state index contributed by atoms with van der Waals surface area (Å²) in [4.78, 5) is 22.9. The molecule has 25 heavy (non-hydrogen) atoms. The van der Waals surface area contributed by atoms with Gasteiger partial charge in [-0.25, -0.2) is 4.79 Å². The molecule has 0 saturated heterocycles. The zero-order valence-corrected chi connectivity index (χ0v) is 20.5. The summed E-state index contributed by atoms with van der Waals surface area (Å²) in [7, 11) is 1.33. The number of hydrogen-bond acceptors (Lipinski definition) is 3. The topological polar surface area (TPSA) is 55.4 Å². The summed E-state index contributed by atoms with van der Waals surface area (Å²) in [6.07, 6.45) is 14.5. The summed E-state index contributed by atoms with van der Waals surface area (Å²) in [5, 5.41) is 2.66. The summed E-state index contributed by atoms with van der Waals surface area (Å²) >= 11 is 0.